The van der Waals surface area contributed by atoms with Gasteiger partial charge in [0, 0.05) is 13.7 Å². The average Bonchev–Trinajstić information content (AvgIpc) is 2.46. The maximum absolute atomic E-state index is 12.4. The summed E-state index contributed by atoms with van der Waals surface area (Å²) in [5, 5.41) is 3.33. The minimum Gasteiger partial charge on any atom is -0.467 e. The van der Waals surface area contributed by atoms with Crippen molar-refractivity contribution in [1.29, 1.82) is 0 Å². The number of benzene rings is 1. The van der Waals surface area contributed by atoms with Crippen molar-refractivity contribution >= 4 is 5.97 Å². The highest BCUT2D eigenvalue weighted by atomic mass is 16.5. The largest absolute Gasteiger partial charge is 0.467 e. The van der Waals surface area contributed by atoms with E-state index in [1.165, 1.54) is 7.11 Å². The van der Waals surface area contributed by atoms with E-state index in [-0.39, 0.29) is 5.97 Å². The lowest BCUT2D eigenvalue weighted by Crippen LogP contribution is -2.51. The van der Waals surface area contributed by atoms with E-state index in [9.17, 15) is 4.79 Å². The Kier molecular flexibility index (Phi) is 6.68. The molecule has 1 N–H and O–H groups in total. The fraction of sp³-hybridized carbons (Fsp3) is 0.562. The summed E-state index contributed by atoms with van der Waals surface area (Å²) < 4.78 is 10.1. The van der Waals surface area contributed by atoms with Gasteiger partial charge in [-0.05, 0) is 17.9 Å². The molecule has 4 heteroatoms. The Morgan fingerprint density at radius 3 is 2.40 bits per heavy atom. The van der Waals surface area contributed by atoms with E-state index in [4.69, 9.17) is 9.47 Å². The van der Waals surface area contributed by atoms with Gasteiger partial charge in [-0.3, -0.25) is 5.32 Å². The number of ether oxygens (including phenoxy) is 2. The van der Waals surface area contributed by atoms with Crippen LogP contribution < -0.4 is 5.32 Å². The van der Waals surface area contributed by atoms with Gasteiger partial charge in [0.2, 0.25) is 0 Å². The van der Waals surface area contributed by atoms with Gasteiger partial charge in [-0.25, -0.2) is 4.79 Å². The van der Waals surface area contributed by atoms with Crippen LogP contribution in [-0.4, -0.2) is 33.3 Å². The molecule has 20 heavy (non-hydrogen) atoms. The molecule has 0 bridgehead atoms. The smallest absolute Gasteiger partial charge is 0.330 e. The van der Waals surface area contributed by atoms with E-state index in [0.717, 1.165) is 5.56 Å². The van der Waals surface area contributed by atoms with Crippen molar-refractivity contribution in [2.75, 3.05) is 27.4 Å². The van der Waals surface area contributed by atoms with Crippen molar-refractivity contribution in [3.05, 3.63) is 35.9 Å². The SMILES string of the molecule is COCCNC(CC(C)C)(C(=O)OC)c1ccccc1. The molecule has 1 unspecified atom stereocenters. The quantitative estimate of drug-likeness (QED) is 0.586. The van der Waals surface area contributed by atoms with Gasteiger partial charge >= 0.3 is 5.97 Å². The van der Waals surface area contributed by atoms with Gasteiger partial charge in [-0.15, -0.1) is 0 Å². The van der Waals surface area contributed by atoms with Crippen molar-refractivity contribution < 1.29 is 14.3 Å². The second-order valence-electron chi connectivity index (χ2n) is 5.28. The molecule has 0 saturated heterocycles. The molecule has 0 amide bonds. The molecule has 1 aromatic rings. The van der Waals surface area contributed by atoms with Crippen LogP contribution >= 0.6 is 0 Å². The van der Waals surface area contributed by atoms with Crippen LogP contribution in [0.4, 0.5) is 0 Å². The Morgan fingerprint density at radius 2 is 1.90 bits per heavy atom. The molecular weight excluding hydrogens is 254 g/mol. The van der Waals surface area contributed by atoms with Gasteiger partial charge in [0.1, 0.15) is 5.54 Å². The van der Waals surface area contributed by atoms with Gasteiger partial charge in [0.15, 0.2) is 0 Å². The number of hydrogen-bond donors (Lipinski definition) is 1. The molecule has 4 nitrogen and oxygen atoms in total. The summed E-state index contributed by atoms with van der Waals surface area (Å²) in [7, 11) is 3.07. The third kappa shape index (κ3) is 4.05. The van der Waals surface area contributed by atoms with Crippen molar-refractivity contribution in [2.24, 2.45) is 5.92 Å². The lowest BCUT2D eigenvalue weighted by atomic mass is 9.82. The zero-order valence-corrected chi connectivity index (χ0v) is 12.8. The molecule has 0 aromatic heterocycles. The third-order valence-electron chi connectivity index (χ3n) is 3.25. The summed E-state index contributed by atoms with van der Waals surface area (Å²) in [6, 6.07) is 9.73. The molecule has 0 saturated carbocycles. The highest BCUT2D eigenvalue weighted by molar-refractivity contribution is 5.82. The first kappa shape index (κ1) is 16.7. The second-order valence-corrected chi connectivity index (χ2v) is 5.28. The first-order chi connectivity index (χ1) is 9.56. The minimum atomic E-state index is -0.817. The van der Waals surface area contributed by atoms with E-state index < -0.39 is 5.54 Å². The summed E-state index contributed by atoms with van der Waals surface area (Å²) in [4.78, 5) is 12.4. The summed E-state index contributed by atoms with van der Waals surface area (Å²) in [6.07, 6.45) is 0.674. The van der Waals surface area contributed by atoms with Crippen LogP contribution in [0.15, 0.2) is 30.3 Å². The number of methoxy groups -OCH3 is 2. The Labute approximate surface area is 121 Å². The second kappa shape index (κ2) is 8.02. The molecule has 1 atom stereocenters. The molecule has 1 rings (SSSR count). The summed E-state index contributed by atoms with van der Waals surface area (Å²) >= 11 is 0. The Morgan fingerprint density at radius 1 is 1.25 bits per heavy atom. The number of nitrogens with one attached hydrogen (secondary N) is 1. The van der Waals surface area contributed by atoms with Crippen LogP contribution in [0.3, 0.4) is 0 Å². The van der Waals surface area contributed by atoms with Gasteiger partial charge in [-0.1, -0.05) is 44.2 Å². The van der Waals surface area contributed by atoms with Gasteiger partial charge < -0.3 is 9.47 Å². The normalized spacial score (nSPS) is 14.1. The maximum Gasteiger partial charge on any atom is 0.330 e. The maximum atomic E-state index is 12.4. The molecule has 0 radical (unpaired) electrons. The molecule has 1 aromatic carbocycles. The lowest BCUT2D eigenvalue weighted by molar-refractivity contribution is -0.150. The fourth-order valence-electron chi connectivity index (χ4n) is 2.44. The van der Waals surface area contributed by atoms with Crippen molar-refractivity contribution in [1.82, 2.24) is 5.32 Å². The monoisotopic (exact) mass is 279 g/mol. The van der Waals surface area contributed by atoms with E-state index >= 15 is 0 Å². The van der Waals surface area contributed by atoms with Crippen LogP contribution in [0.2, 0.25) is 0 Å². The topological polar surface area (TPSA) is 47.6 Å². The number of rotatable bonds is 8. The number of carbonyl (C=O) groups excluding carboxylic acids is 1. The molecule has 0 fully saturated rings. The predicted octanol–water partition coefficient (Wildman–Crippen LogP) is 2.34. The lowest BCUT2D eigenvalue weighted by Gasteiger charge is -2.34. The summed E-state index contributed by atoms with van der Waals surface area (Å²) in [5.74, 6) is 0.0952. The summed E-state index contributed by atoms with van der Waals surface area (Å²) in [5.41, 5.74) is 0.111. The highest BCUT2D eigenvalue weighted by Gasteiger charge is 2.41. The van der Waals surface area contributed by atoms with E-state index in [1.807, 2.05) is 30.3 Å². The number of hydrogen-bond acceptors (Lipinski definition) is 4. The highest BCUT2D eigenvalue weighted by Crippen LogP contribution is 2.30. The zero-order valence-electron chi connectivity index (χ0n) is 12.8. The van der Waals surface area contributed by atoms with Crippen LogP contribution in [0.1, 0.15) is 25.8 Å². The zero-order chi connectivity index (χ0) is 15.0. The Balaban J connectivity index is 3.14. The fourth-order valence-corrected chi connectivity index (χ4v) is 2.44. The van der Waals surface area contributed by atoms with Gasteiger partial charge in [0.05, 0.1) is 13.7 Å². The first-order valence-corrected chi connectivity index (χ1v) is 6.94. The minimum absolute atomic E-state index is 0.256. The first-order valence-electron chi connectivity index (χ1n) is 6.94. The molecule has 0 aliphatic rings. The molecular formula is C16H25NO3. The summed E-state index contributed by atoms with van der Waals surface area (Å²) in [6.45, 7) is 5.33. The molecule has 112 valence electrons. The number of esters is 1. The van der Waals surface area contributed by atoms with Crippen molar-refractivity contribution in [3.8, 4) is 0 Å². The predicted molar refractivity (Wildman–Crippen MR) is 79.5 cm³/mol. The molecule has 0 heterocycles. The van der Waals surface area contributed by atoms with Gasteiger partial charge in [-0.2, -0.15) is 0 Å². The van der Waals surface area contributed by atoms with E-state index in [0.29, 0.717) is 25.5 Å². The standard InChI is InChI=1S/C16H25NO3/c1-13(2)12-16(15(18)20-4,17-10-11-19-3)14-8-6-5-7-9-14/h5-9,13,17H,10-12H2,1-4H3. The molecule has 0 aliphatic carbocycles. The third-order valence-corrected chi connectivity index (χ3v) is 3.25. The number of carbonyl (C=O) groups is 1. The van der Waals surface area contributed by atoms with Crippen molar-refractivity contribution in [3.63, 3.8) is 0 Å². The van der Waals surface area contributed by atoms with Gasteiger partial charge in [0.25, 0.3) is 0 Å². The van der Waals surface area contributed by atoms with Crippen LogP contribution in [0, 0.1) is 5.92 Å². The molecule has 0 spiro atoms. The van der Waals surface area contributed by atoms with Crippen LogP contribution in [0.25, 0.3) is 0 Å². The molecule has 0 aliphatic heterocycles. The Hall–Kier alpha value is -1.39. The van der Waals surface area contributed by atoms with Crippen molar-refractivity contribution in [2.45, 2.75) is 25.8 Å². The Bertz CT molecular complexity index is 405. The average molecular weight is 279 g/mol. The van der Waals surface area contributed by atoms with E-state index in [1.54, 1.807) is 7.11 Å². The van der Waals surface area contributed by atoms with E-state index in [2.05, 4.69) is 19.2 Å². The van der Waals surface area contributed by atoms with Crippen LogP contribution in [0.5, 0.6) is 0 Å². The van der Waals surface area contributed by atoms with Crippen LogP contribution in [-0.2, 0) is 19.8 Å².